The molecule has 1 aromatic rings. The van der Waals surface area contributed by atoms with E-state index in [-0.39, 0.29) is 5.41 Å². The van der Waals surface area contributed by atoms with Crippen LogP contribution in [0.4, 0.5) is 0 Å². The van der Waals surface area contributed by atoms with Crippen molar-refractivity contribution in [3.63, 3.8) is 0 Å². The zero-order valence-electron chi connectivity index (χ0n) is 12.8. The van der Waals surface area contributed by atoms with Crippen LogP contribution in [0.2, 0.25) is 0 Å². The third-order valence-electron chi connectivity index (χ3n) is 4.72. The molecule has 0 radical (unpaired) electrons. The van der Waals surface area contributed by atoms with Crippen LogP contribution in [0.15, 0.2) is 30.3 Å². The van der Waals surface area contributed by atoms with Crippen molar-refractivity contribution in [2.75, 3.05) is 26.2 Å². The third-order valence-corrected chi connectivity index (χ3v) is 4.72. The van der Waals surface area contributed by atoms with Gasteiger partial charge < -0.3 is 5.11 Å². The fourth-order valence-electron chi connectivity index (χ4n) is 2.84. The van der Waals surface area contributed by atoms with Gasteiger partial charge in [0.25, 0.3) is 0 Å². The standard InChI is InChI=1S/C18H24N2O/c1-2-18(15-21)9-12-20(13-10-18)11-3-4-16-5-7-17(14-19)8-6-16/h3-8,21H,2,9-13,15H2,1H3/b4-3+. The molecule has 0 amide bonds. The monoisotopic (exact) mass is 284 g/mol. The Kier molecular flexibility index (Phi) is 5.55. The first-order valence-electron chi connectivity index (χ1n) is 7.71. The first-order chi connectivity index (χ1) is 10.2. The van der Waals surface area contributed by atoms with Crippen LogP contribution in [-0.4, -0.2) is 36.2 Å². The lowest BCUT2D eigenvalue weighted by atomic mass is 9.77. The minimum Gasteiger partial charge on any atom is -0.396 e. The summed E-state index contributed by atoms with van der Waals surface area (Å²) in [5.41, 5.74) is 1.99. The van der Waals surface area contributed by atoms with Crippen molar-refractivity contribution in [1.82, 2.24) is 4.90 Å². The molecule has 21 heavy (non-hydrogen) atoms. The number of aliphatic hydroxyl groups excluding tert-OH is 1. The summed E-state index contributed by atoms with van der Waals surface area (Å²) in [6.07, 6.45) is 7.53. The predicted octanol–water partition coefficient (Wildman–Crippen LogP) is 3.06. The van der Waals surface area contributed by atoms with E-state index in [1.54, 1.807) is 0 Å². The van der Waals surface area contributed by atoms with Crippen molar-refractivity contribution >= 4 is 6.08 Å². The Hall–Kier alpha value is -1.63. The van der Waals surface area contributed by atoms with Crippen LogP contribution in [0.1, 0.15) is 37.3 Å². The summed E-state index contributed by atoms with van der Waals surface area (Å²) >= 11 is 0. The summed E-state index contributed by atoms with van der Waals surface area (Å²) in [6, 6.07) is 9.76. The maximum Gasteiger partial charge on any atom is 0.0991 e. The van der Waals surface area contributed by atoms with E-state index in [4.69, 9.17) is 5.26 Å². The molecule has 2 rings (SSSR count). The summed E-state index contributed by atoms with van der Waals surface area (Å²) in [4.78, 5) is 2.43. The molecule has 3 nitrogen and oxygen atoms in total. The average molecular weight is 284 g/mol. The van der Waals surface area contributed by atoms with Crippen molar-refractivity contribution in [2.45, 2.75) is 26.2 Å². The van der Waals surface area contributed by atoms with Gasteiger partial charge in [-0.1, -0.05) is 31.2 Å². The second kappa shape index (κ2) is 7.40. The number of likely N-dealkylation sites (tertiary alicyclic amines) is 1. The Morgan fingerprint density at radius 1 is 1.29 bits per heavy atom. The molecule has 0 atom stereocenters. The van der Waals surface area contributed by atoms with Crippen LogP contribution >= 0.6 is 0 Å². The van der Waals surface area contributed by atoms with E-state index >= 15 is 0 Å². The van der Waals surface area contributed by atoms with Crippen molar-refractivity contribution in [2.24, 2.45) is 5.41 Å². The number of nitrogens with zero attached hydrogens (tertiary/aromatic N) is 2. The lowest BCUT2D eigenvalue weighted by molar-refractivity contribution is 0.0451. The number of piperidine rings is 1. The van der Waals surface area contributed by atoms with Crippen molar-refractivity contribution < 1.29 is 5.11 Å². The SMILES string of the molecule is CCC1(CO)CCN(C/C=C/c2ccc(C#N)cc2)CC1. The Morgan fingerprint density at radius 2 is 1.95 bits per heavy atom. The first-order valence-corrected chi connectivity index (χ1v) is 7.71. The van der Waals surface area contributed by atoms with Crippen LogP contribution in [0.3, 0.4) is 0 Å². The van der Waals surface area contributed by atoms with E-state index in [1.165, 1.54) is 0 Å². The Balaban J connectivity index is 1.81. The number of rotatable bonds is 5. The van der Waals surface area contributed by atoms with E-state index in [9.17, 15) is 5.11 Å². The summed E-state index contributed by atoms with van der Waals surface area (Å²) in [7, 11) is 0. The zero-order valence-corrected chi connectivity index (χ0v) is 12.8. The van der Waals surface area contributed by atoms with Crippen LogP contribution in [0.5, 0.6) is 0 Å². The third kappa shape index (κ3) is 4.17. The molecule has 0 unspecified atom stereocenters. The number of benzene rings is 1. The van der Waals surface area contributed by atoms with E-state index in [0.29, 0.717) is 12.2 Å². The van der Waals surface area contributed by atoms with Crippen LogP contribution in [0, 0.1) is 16.7 Å². The molecular weight excluding hydrogens is 260 g/mol. The molecular formula is C18H24N2O. The van der Waals surface area contributed by atoms with Gasteiger partial charge in [0, 0.05) is 13.2 Å². The molecule has 3 heteroatoms. The van der Waals surface area contributed by atoms with E-state index in [1.807, 2.05) is 24.3 Å². The van der Waals surface area contributed by atoms with Gasteiger partial charge in [-0.25, -0.2) is 0 Å². The second-order valence-corrected chi connectivity index (χ2v) is 5.95. The molecule has 0 aromatic heterocycles. The molecule has 112 valence electrons. The summed E-state index contributed by atoms with van der Waals surface area (Å²) in [6.45, 7) is 5.57. The van der Waals surface area contributed by atoms with E-state index in [2.05, 4.69) is 30.0 Å². The van der Waals surface area contributed by atoms with Gasteiger partial charge >= 0.3 is 0 Å². The van der Waals surface area contributed by atoms with Crippen molar-refractivity contribution in [3.05, 3.63) is 41.5 Å². The minimum absolute atomic E-state index is 0.160. The first kappa shape index (κ1) is 15.8. The van der Waals surface area contributed by atoms with Crippen LogP contribution in [-0.2, 0) is 0 Å². The number of nitriles is 1. The van der Waals surface area contributed by atoms with E-state index in [0.717, 1.165) is 44.5 Å². The molecule has 1 saturated heterocycles. The molecule has 1 heterocycles. The zero-order chi connectivity index (χ0) is 15.1. The minimum atomic E-state index is 0.160. The van der Waals surface area contributed by atoms with Crippen molar-refractivity contribution in [3.8, 4) is 6.07 Å². The van der Waals surface area contributed by atoms with Gasteiger partial charge in [0.05, 0.1) is 11.6 Å². The topological polar surface area (TPSA) is 47.3 Å². The normalized spacial score (nSPS) is 18.7. The van der Waals surface area contributed by atoms with Gasteiger partial charge in [-0.05, 0) is 55.5 Å². The van der Waals surface area contributed by atoms with Gasteiger partial charge in [-0.2, -0.15) is 5.26 Å². The molecule has 0 spiro atoms. The fourth-order valence-corrected chi connectivity index (χ4v) is 2.84. The molecule has 0 saturated carbocycles. The predicted molar refractivity (Wildman–Crippen MR) is 85.7 cm³/mol. The largest absolute Gasteiger partial charge is 0.396 e. The average Bonchev–Trinajstić information content (AvgIpc) is 2.56. The molecule has 1 aromatic carbocycles. The highest BCUT2D eigenvalue weighted by atomic mass is 16.3. The van der Waals surface area contributed by atoms with Gasteiger partial charge in [0.2, 0.25) is 0 Å². The number of hydrogen-bond acceptors (Lipinski definition) is 3. The maximum atomic E-state index is 9.54. The highest BCUT2D eigenvalue weighted by molar-refractivity contribution is 5.51. The lowest BCUT2D eigenvalue weighted by Gasteiger charge is -2.39. The molecule has 0 bridgehead atoms. The van der Waals surface area contributed by atoms with Crippen LogP contribution in [0.25, 0.3) is 6.08 Å². The Morgan fingerprint density at radius 3 is 2.48 bits per heavy atom. The maximum absolute atomic E-state index is 9.54. The van der Waals surface area contributed by atoms with Gasteiger partial charge in [0.15, 0.2) is 0 Å². The number of aliphatic hydroxyl groups is 1. The fraction of sp³-hybridized carbons (Fsp3) is 0.500. The second-order valence-electron chi connectivity index (χ2n) is 5.95. The molecule has 1 aliphatic rings. The smallest absolute Gasteiger partial charge is 0.0991 e. The van der Waals surface area contributed by atoms with Gasteiger partial charge in [-0.3, -0.25) is 4.90 Å². The highest BCUT2D eigenvalue weighted by Gasteiger charge is 2.31. The van der Waals surface area contributed by atoms with Crippen molar-refractivity contribution in [1.29, 1.82) is 5.26 Å². The summed E-state index contributed by atoms with van der Waals surface area (Å²) in [5, 5.41) is 18.3. The molecule has 1 aliphatic heterocycles. The Bertz CT molecular complexity index is 499. The molecule has 1 fully saturated rings. The Labute approximate surface area is 127 Å². The molecule has 0 aliphatic carbocycles. The van der Waals surface area contributed by atoms with Gasteiger partial charge in [0.1, 0.15) is 0 Å². The van der Waals surface area contributed by atoms with Gasteiger partial charge in [-0.15, -0.1) is 0 Å². The summed E-state index contributed by atoms with van der Waals surface area (Å²) in [5.74, 6) is 0. The van der Waals surface area contributed by atoms with E-state index < -0.39 is 0 Å². The lowest BCUT2D eigenvalue weighted by Crippen LogP contribution is -2.41. The summed E-state index contributed by atoms with van der Waals surface area (Å²) < 4.78 is 0. The molecule has 1 N–H and O–H groups in total. The quantitative estimate of drug-likeness (QED) is 0.904. The van der Waals surface area contributed by atoms with Crippen LogP contribution < -0.4 is 0 Å². The number of hydrogen-bond donors (Lipinski definition) is 1. The highest BCUT2D eigenvalue weighted by Crippen LogP contribution is 2.33.